The van der Waals surface area contributed by atoms with E-state index >= 15 is 0 Å². The van der Waals surface area contributed by atoms with Crippen LogP contribution in [0.1, 0.15) is 30.1 Å². The largest absolute Gasteiger partial charge is 0.391 e. The molecule has 1 aromatic rings. The average Bonchev–Trinajstić information content (AvgIpc) is 2.98. The molecule has 5 nitrogen and oxygen atoms in total. The molecule has 134 valence electrons. The van der Waals surface area contributed by atoms with E-state index in [-0.39, 0.29) is 42.4 Å². The number of aliphatic hydroxyl groups is 1. The standard InChI is InChI=1S/C18H26N2O3.ClH/c1-12-4-6-13(7-5-12)17-15(3-2-8-23-17)18(22)20-10-14-9-19-11-16(14)21;/h4-7,14-17,19,21H,2-3,8-11H2,1H3,(H,20,22);1H. The Kier molecular flexibility index (Phi) is 7.04. The first-order chi connectivity index (χ1) is 11.1. The summed E-state index contributed by atoms with van der Waals surface area (Å²) in [6.45, 7) is 4.64. The van der Waals surface area contributed by atoms with Crippen LogP contribution in [0.15, 0.2) is 24.3 Å². The topological polar surface area (TPSA) is 70.6 Å². The van der Waals surface area contributed by atoms with Gasteiger partial charge in [0, 0.05) is 32.2 Å². The molecule has 2 saturated heterocycles. The summed E-state index contributed by atoms with van der Waals surface area (Å²) in [5.41, 5.74) is 2.27. The zero-order chi connectivity index (χ0) is 16.2. The van der Waals surface area contributed by atoms with Gasteiger partial charge in [-0.25, -0.2) is 0 Å². The zero-order valence-corrected chi connectivity index (χ0v) is 14.8. The van der Waals surface area contributed by atoms with E-state index in [1.165, 1.54) is 5.56 Å². The van der Waals surface area contributed by atoms with Gasteiger partial charge in [0.15, 0.2) is 0 Å². The summed E-state index contributed by atoms with van der Waals surface area (Å²) in [7, 11) is 0. The molecule has 0 aromatic heterocycles. The Morgan fingerprint density at radius 3 is 2.75 bits per heavy atom. The van der Waals surface area contributed by atoms with E-state index in [0.717, 1.165) is 24.9 Å². The highest BCUT2D eigenvalue weighted by Crippen LogP contribution is 2.34. The first-order valence-corrected chi connectivity index (χ1v) is 8.50. The first-order valence-electron chi connectivity index (χ1n) is 8.50. The summed E-state index contributed by atoms with van der Waals surface area (Å²) in [5.74, 6) is -0.0198. The average molecular weight is 355 g/mol. The van der Waals surface area contributed by atoms with Crippen molar-refractivity contribution in [1.29, 1.82) is 0 Å². The molecule has 1 aromatic carbocycles. The summed E-state index contributed by atoms with van der Waals surface area (Å²) in [6.07, 6.45) is 1.21. The molecule has 2 fully saturated rings. The minimum absolute atomic E-state index is 0. The molecular weight excluding hydrogens is 328 g/mol. The van der Waals surface area contributed by atoms with Crippen molar-refractivity contribution in [2.75, 3.05) is 26.2 Å². The van der Waals surface area contributed by atoms with Crippen molar-refractivity contribution in [3.8, 4) is 0 Å². The van der Waals surface area contributed by atoms with Crippen LogP contribution in [0.25, 0.3) is 0 Å². The number of hydrogen-bond acceptors (Lipinski definition) is 4. The fraction of sp³-hybridized carbons (Fsp3) is 0.611. The second-order valence-corrected chi connectivity index (χ2v) is 6.68. The van der Waals surface area contributed by atoms with Crippen molar-refractivity contribution in [3.05, 3.63) is 35.4 Å². The lowest BCUT2D eigenvalue weighted by atomic mass is 9.88. The van der Waals surface area contributed by atoms with E-state index in [9.17, 15) is 9.90 Å². The maximum Gasteiger partial charge on any atom is 0.226 e. The third kappa shape index (κ3) is 4.48. The van der Waals surface area contributed by atoms with Crippen LogP contribution in [-0.2, 0) is 9.53 Å². The highest BCUT2D eigenvalue weighted by atomic mass is 35.5. The Morgan fingerprint density at radius 2 is 2.08 bits per heavy atom. The number of rotatable bonds is 4. The summed E-state index contributed by atoms with van der Waals surface area (Å²) in [5, 5.41) is 16.0. The van der Waals surface area contributed by atoms with E-state index in [1.807, 2.05) is 0 Å². The van der Waals surface area contributed by atoms with Crippen LogP contribution >= 0.6 is 12.4 Å². The van der Waals surface area contributed by atoms with E-state index in [0.29, 0.717) is 19.7 Å². The van der Waals surface area contributed by atoms with Gasteiger partial charge in [-0.2, -0.15) is 0 Å². The van der Waals surface area contributed by atoms with Gasteiger partial charge in [0.2, 0.25) is 5.91 Å². The number of nitrogens with one attached hydrogen (secondary N) is 2. The van der Waals surface area contributed by atoms with Crippen molar-refractivity contribution in [3.63, 3.8) is 0 Å². The molecule has 2 heterocycles. The Morgan fingerprint density at radius 1 is 1.33 bits per heavy atom. The SMILES string of the molecule is Cc1ccc(C2OCCCC2C(=O)NCC2CNCC2O)cc1.Cl. The molecule has 3 rings (SSSR count). The number of aryl methyl sites for hydroxylation is 1. The Hall–Kier alpha value is -1.14. The van der Waals surface area contributed by atoms with Gasteiger partial charge in [-0.05, 0) is 25.3 Å². The molecule has 6 heteroatoms. The quantitative estimate of drug-likeness (QED) is 0.767. The molecule has 4 unspecified atom stereocenters. The van der Waals surface area contributed by atoms with Crippen molar-refractivity contribution in [1.82, 2.24) is 10.6 Å². The second-order valence-electron chi connectivity index (χ2n) is 6.68. The Bertz CT molecular complexity index is 538. The van der Waals surface area contributed by atoms with Gasteiger partial charge in [-0.15, -0.1) is 12.4 Å². The molecule has 0 aliphatic carbocycles. The van der Waals surface area contributed by atoms with Crippen molar-refractivity contribution < 1.29 is 14.6 Å². The van der Waals surface area contributed by atoms with Crippen LogP contribution in [-0.4, -0.2) is 43.4 Å². The smallest absolute Gasteiger partial charge is 0.226 e. The molecule has 0 saturated carbocycles. The van der Waals surface area contributed by atoms with Crippen LogP contribution < -0.4 is 10.6 Å². The number of benzene rings is 1. The third-order valence-electron chi connectivity index (χ3n) is 4.91. The Labute approximate surface area is 149 Å². The minimum Gasteiger partial charge on any atom is -0.391 e. The highest BCUT2D eigenvalue weighted by molar-refractivity contribution is 5.85. The van der Waals surface area contributed by atoms with E-state index < -0.39 is 0 Å². The van der Waals surface area contributed by atoms with Gasteiger partial charge in [0.25, 0.3) is 0 Å². The normalized spacial score (nSPS) is 29.8. The molecule has 1 amide bonds. The van der Waals surface area contributed by atoms with Gasteiger partial charge in [0.1, 0.15) is 0 Å². The van der Waals surface area contributed by atoms with Crippen molar-refractivity contribution >= 4 is 18.3 Å². The second kappa shape index (κ2) is 8.81. The summed E-state index contributed by atoms with van der Waals surface area (Å²) < 4.78 is 5.91. The molecule has 4 atom stereocenters. The van der Waals surface area contributed by atoms with Crippen molar-refractivity contribution in [2.24, 2.45) is 11.8 Å². The fourth-order valence-corrected chi connectivity index (χ4v) is 3.42. The number of hydrogen-bond donors (Lipinski definition) is 3. The van der Waals surface area contributed by atoms with Crippen LogP contribution in [0.2, 0.25) is 0 Å². The lowest BCUT2D eigenvalue weighted by Crippen LogP contribution is -2.41. The van der Waals surface area contributed by atoms with Gasteiger partial charge in [-0.3, -0.25) is 4.79 Å². The van der Waals surface area contributed by atoms with Crippen molar-refractivity contribution in [2.45, 2.75) is 32.0 Å². The number of aliphatic hydroxyl groups excluding tert-OH is 1. The molecule has 0 bridgehead atoms. The van der Waals surface area contributed by atoms with Gasteiger partial charge < -0.3 is 20.5 Å². The fourth-order valence-electron chi connectivity index (χ4n) is 3.42. The molecule has 3 N–H and O–H groups in total. The summed E-state index contributed by atoms with van der Waals surface area (Å²) in [4.78, 5) is 12.6. The van der Waals surface area contributed by atoms with E-state index in [1.54, 1.807) is 0 Å². The number of amides is 1. The van der Waals surface area contributed by atoms with Crippen LogP contribution in [0.5, 0.6) is 0 Å². The minimum atomic E-state index is -0.370. The van der Waals surface area contributed by atoms with Gasteiger partial charge in [0.05, 0.1) is 18.1 Å². The predicted molar refractivity (Wildman–Crippen MR) is 95.2 cm³/mol. The van der Waals surface area contributed by atoms with Crippen LogP contribution in [0.3, 0.4) is 0 Å². The Balaban J connectivity index is 0.00000208. The monoisotopic (exact) mass is 354 g/mol. The molecule has 2 aliphatic rings. The van der Waals surface area contributed by atoms with E-state index in [2.05, 4.69) is 41.8 Å². The third-order valence-corrected chi connectivity index (χ3v) is 4.91. The molecule has 2 aliphatic heterocycles. The first kappa shape index (κ1) is 19.2. The zero-order valence-electron chi connectivity index (χ0n) is 14.0. The molecular formula is C18H27ClN2O3. The van der Waals surface area contributed by atoms with E-state index in [4.69, 9.17) is 4.74 Å². The molecule has 24 heavy (non-hydrogen) atoms. The van der Waals surface area contributed by atoms with Crippen LogP contribution in [0, 0.1) is 18.8 Å². The number of carbonyl (C=O) groups is 1. The number of ether oxygens (including phenoxy) is 1. The lowest BCUT2D eigenvalue weighted by Gasteiger charge is -2.31. The number of β-amino-alcohol motifs (C(OH)–C–C–N with tert-alkyl or cyclic N) is 1. The van der Waals surface area contributed by atoms with Crippen LogP contribution in [0.4, 0.5) is 0 Å². The summed E-state index contributed by atoms with van der Waals surface area (Å²) in [6, 6.07) is 8.22. The number of carbonyl (C=O) groups excluding carboxylic acids is 1. The number of halogens is 1. The van der Waals surface area contributed by atoms with Gasteiger partial charge >= 0.3 is 0 Å². The molecule has 0 radical (unpaired) electrons. The maximum atomic E-state index is 12.6. The lowest BCUT2D eigenvalue weighted by molar-refractivity contribution is -0.135. The highest BCUT2D eigenvalue weighted by Gasteiger charge is 2.34. The summed E-state index contributed by atoms with van der Waals surface area (Å²) >= 11 is 0. The maximum absolute atomic E-state index is 12.6. The predicted octanol–water partition coefficient (Wildman–Crippen LogP) is 1.58. The van der Waals surface area contributed by atoms with Gasteiger partial charge in [-0.1, -0.05) is 29.8 Å². The molecule has 0 spiro atoms.